The summed E-state index contributed by atoms with van der Waals surface area (Å²) >= 11 is 0. The van der Waals surface area contributed by atoms with Crippen LogP contribution in [0, 0.1) is 5.92 Å². The number of carbonyl (C=O) groups is 1. The molecule has 0 aliphatic heterocycles. The van der Waals surface area contributed by atoms with Gasteiger partial charge in [0.1, 0.15) is 0 Å². The highest BCUT2D eigenvalue weighted by Gasteiger charge is 2.53. The standard InChI is InChI=1S/C15H21F3N2O6S2/c1-10(2)13(28(24,25)15(16,17)18)26-14(21)19-12-7-5-11(6-8-12)9-20(3)27(4,22)23/h5-8,10,13H,9H2,1-4H3,(H,19,21). The number of carbonyl (C=O) groups excluding carboxylic acids is 1. The van der Waals surface area contributed by atoms with Crippen LogP contribution in [0.4, 0.5) is 23.7 Å². The number of hydrogen-bond acceptors (Lipinski definition) is 6. The lowest BCUT2D eigenvalue weighted by molar-refractivity contribution is -0.0488. The molecule has 0 bridgehead atoms. The fraction of sp³-hybridized carbons (Fsp3) is 0.533. The van der Waals surface area contributed by atoms with Gasteiger partial charge in [0.15, 0.2) is 0 Å². The third-order valence-corrected chi connectivity index (χ3v) is 6.73. The summed E-state index contributed by atoms with van der Waals surface area (Å²) in [6.07, 6.45) is -0.327. The summed E-state index contributed by atoms with van der Waals surface area (Å²) in [4.78, 5) is 11.8. The zero-order chi connectivity index (χ0) is 21.9. The Bertz CT molecular complexity index is 897. The molecule has 1 amide bonds. The molecule has 1 unspecified atom stereocenters. The molecule has 0 saturated heterocycles. The minimum absolute atomic E-state index is 0.0722. The Hall–Kier alpha value is -1.86. The summed E-state index contributed by atoms with van der Waals surface area (Å²) in [7, 11) is -7.71. The predicted molar refractivity (Wildman–Crippen MR) is 96.5 cm³/mol. The molecule has 1 aromatic carbocycles. The lowest BCUT2D eigenvalue weighted by atomic mass is 10.2. The van der Waals surface area contributed by atoms with E-state index in [1.54, 1.807) is 0 Å². The van der Waals surface area contributed by atoms with Crippen molar-refractivity contribution >= 4 is 31.6 Å². The maximum Gasteiger partial charge on any atom is 0.501 e. The number of anilines is 1. The van der Waals surface area contributed by atoms with Crippen LogP contribution in [0.5, 0.6) is 0 Å². The van der Waals surface area contributed by atoms with Crippen molar-refractivity contribution in [2.45, 2.75) is 31.3 Å². The monoisotopic (exact) mass is 446 g/mol. The molecule has 0 aliphatic carbocycles. The van der Waals surface area contributed by atoms with Gasteiger partial charge in [0.25, 0.3) is 9.84 Å². The van der Waals surface area contributed by atoms with E-state index in [0.29, 0.717) is 5.56 Å². The van der Waals surface area contributed by atoms with E-state index in [0.717, 1.165) is 10.6 Å². The number of benzene rings is 1. The van der Waals surface area contributed by atoms with Crippen LogP contribution in [0.15, 0.2) is 24.3 Å². The van der Waals surface area contributed by atoms with E-state index in [9.17, 15) is 34.8 Å². The van der Waals surface area contributed by atoms with Gasteiger partial charge in [0.05, 0.1) is 6.26 Å². The lowest BCUT2D eigenvalue weighted by Gasteiger charge is -2.22. The zero-order valence-electron chi connectivity index (χ0n) is 15.5. The third kappa shape index (κ3) is 6.34. The number of nitrogens with one attached hydrogen (secondary N) is 1. The predicted octanol–water partition coefficient (Wildman–Crippen LogP) is 2.54. The van der Waals surface area contributed by atoms with Gasteiger partial charge in [0, 0.05) is 25.2 Å². The van der Waals surface area contributed by atoms with Crippen molar-refractivity contribution in [1.82, 2.24) is 4.31 Å². The number of amides is 1. The van der Waals surface area contributed by atoms with Gasteiger partial charge in [-0.15, -0.1) is 0 Å². The summed E-state index contributed by atoms with van der Waals surface area (Å²) in [5.74, 6) is -1.13. The average molecular weight is 446 g/mol. The SMILES string of the molecule is CC(C)C(OC(=O)Nc1ccc(CN(C)S(C)(=O)=O)cc1)S(=O)(=O)C(F)(F)F. The van der Waals surface area contributed by atoms with E-state index >= 15 is 0 Å². The Morgan fingerprint density at radius 2 is 1.64 bits per heavy atom. The van der Waals surface area contributed by atoms with Crippen molar-refractivity contribution in [3.05, 3.63) is 29.8 Å². The molecule has 0 heterocycles. The van der Waals surface area contributed by atoms with E-state index in [4.69, 9.17) is 0 Å². The van der Waals surface area contributed by atoms with Crippen LogP contribution >= 0.6 is 0 Å². The van der Waals surface area contributed by atoms with Gasteiger partial charge >= 0.3 is 11.6 Å². The molecule has 0 spiro atoms. The van der Waals surface area contributed by atoms with Crippen LogP contribution in [-0.2, 0) is 31.1 Å². The van der Waals surface area contributed by atoms with Crippen molar-refractivity contribution in [3.63, 3.8) is 0 Å². The summed E-state index contributed by atoms with van der Waals surface area (Å²) < 4.78 is 89.5. The van der Waals surface area contributed by atoms with E-state index < -0.39 is 42.8 Å². The molecule has 160 valence electrons. The number of sulfone groups is 1. The first-order chi connectivity index (χ1) is 12.6. The second kappa shape index (κ2) is 8.66. The first-order valence-corrected chi connectivity index (χ1v) is 11.2. The third-order valence-electron chi connectivity index (χ3n) is 3.57. The maximum absolute atomic E-state index is 12.7. The fourth-order valence-electron chi connectivity index (χ4n) is 2.01. The number of rotatable bonds is 7. The van der Waals surface area contributed by atoms with Crippen LogP contribution in [0.25, 0.3) is 0 Å². The highest BCUT2D eigenvalue weighted by Crippen LogP contribution is 2.31. The fourth-order valence-corrected chi connectivity index (χ4v) is 3.59. The van der Waals surface area contributed by atoms with Crippen molar-refractivity contribution in [2.75, 3.05) is 18.6 Å². The van der Waals surface area contributed by atoms with Gasteiger partial charge in [-0.2, -0.15) is 13.2 Å². The molecule has 1 rings (SSSR count). The molecule has 1 aromatic rings. The molecule has 8 nitrogen and oxygen atoms in total. The Balaban J connectivity index is 2.85. The Morgan fingerprint density at radius 3 is 2.04 bits per heavy atom. The minimum atomic E-state index is -5.70. The van der Waals surface area contributed by atoms with Crippen LogP contribution in [-0.4, -0.2) is 51.5 Å². The first-order valence-electron chi connectivity index (χ1n) is 7.83. The molecule has 13 heteroatoms. The molecule has 0 aromatic heterocycles. The lowest BCUT2D eigenvalue weighted by Crippen LogP contribution is -2.41. The minimum Gasteiger partial charge on any atom is -0.429 e. The van der Waals surface area contributed by atoms with Gasteiger partial charge in [-0.3, -0.25) is 5.32 Å². The van der Waals surface area contributed by atoms with Crippen molar-refractivity contribution < 1.29 is 39.5 Å². The average Bonchev–Trinajstić information content (AvgIpc) is 2.52. The smallest absolute Gasteiger partial charge is 0.429 e. The number of hydrogen-bond donors (Lipinski definition) is 1. The highest BCUT2D eigenvalue weighted by molar-refractivity contribution is 7.92. The molecular weight excluding hydrogens is 425 g/mol. The molecular formula is C15H21F3N2O6S2. The Labute approximate surface area is 161 Å². The van der Waals surface area contributed by atoms with Crippen LogP contribution in [0.1, 0.15) is 19.4 Å². The number of sulfonamides is 1. The van der Waals surface area contributed by atoms with E-state index in [1.807, 2.05) is 0 Å². The normalized spacial score (nSPS) is 14.2. The first kappa shape index (κ1) is 24.2. The van der Waals surface area contributed by atoms with Gasteiger partial charge in [-0.25, -0.2) is 25.9 Å². The van der Waals surface area contributed by atoms with E-state index in [2.05, 4.69) is 10.1 Å². The van der Waals surface area contributed by atoms with E-state index in [-0.39, 0.29) is 12.2 Å². The molecule has 0 saturated carbocycles. The number of alkyl halides is 3. The van der Waals surface area contributed by atoms with Crippen LogP contribution < -0.4 is 5.32 Å². The molecule has 1 atom stereocenters. The van der Waals surface area contributed by atoms with E-state index in [1.165, 1.54) is 45.2 Å². The number of ether oxygens (including phenoxy) is 1. The summed E-state index contributed by atoms with van der Waals surface area (Å²) in [5.41, 5.74) is -7.24. The van der Waals surface area contributed by atoms with Gasteiger partial charge in [-0.1, -0.05) is 26.0 Å². The maximum atomic E-state index is 12.7. The van der Waals surface area contributed by atoms with Gasteiger partial charge in [0.2, 0.25) is 15.5 Å². The van der Waals surface area contributed by atoms with Gasteiger partial charge < -0.3 is 4.74 Å². The second-order valence-electron chi connectivity index (χ2n) is 6.35. The topological polar surface area (TPSA) is 110 Å². The van der Waals surface area contributed by atoms with Crippen molar-refractivity contribution in [3.8, 4) is 0 Å². The number of halogens is 3. The van der Waals surface area contributed by atoms with Crippen molar-refractivity contribution in [1.29, 1.82) is 0 Å². The molecule has 0 aliphatic rings. The number of nitrogens with zero attached hydrogens (tertiary/aromatic N) is 1. The summed E-state index contributed by atoms with van der Waals surface area (Å²) in [6, 6.07) is 5.72. The summed E-state index contributed by atoms with van der Waals surface area (Å²) in [5, 5.41) is 2.14. The largest absolute Gasteiger partial charge is 0.501 e. The molecule has 0 radical (unpaired) electrons. The Morgan fingerprint density at radius 1 is 1.14 bits per heavy atom. The molecule has 28 heavy (non-hydrogen) atoms. The highest BCUT2D eigenvalue weighted by atomic mass is 32.2. The van der Waals surface area contributed by atoms with Crippen LogP contribution in [0.2, 0.25) is 0 Å². The zero-order valence-corrected chi connectivity index (χ0v) is 17.2. The van der Waals surface area contributed by atoms with Gasteiger partial charge in [-0.05, 0) is 17.7 Å². The van der Waals surface area contributed by atoms with Crippen LogP contribution in [0.3, 0.4) is 0 Å². The Kier molecular flexibility index (Phi) is 7.47. The molecule has 1 N–H and O–H groups in total. The van der Waals surface area contributed by atoms with Crippen molar-refractivity contribution in [2.24, 2.45) is 5.92 Å². The summed E-state index contributed by atoms with van der Waals surface area (Å²) in [6.45, 7) is 2.42. The quantitative estimate of drug-likeness (QED) is 0.689. The second-order valence-corrected chi connectivity index (χ2v) is 10.5. The molecule has 0 fully saturated rings.